The standard InChI is InChI=1S/C18H34N2O/c1-14-8-18(9-14)20-12-16(6-3-7-21)10-17(13-20)19-11-15-4-2-5-15/h14-19,21H,2-13H2,1H3. The maximum absolute atomic E-state index is 9.12. The predicted octanol–water partition coefficient (Wildman–Crippen LogP) is 2.64. The number of piperidine rings is 1. The van der Waals surface area contributed by atoms with E-state index < -0.39 is 0 Å². The number of likely N-dealkylation sites (tertiary alicyclic amines) is 1. The van der Waals surface area contributed by atoms with Gasteiger partial charge < -0.3 is 10.4 Å². The molecule has 2 atom stereocenters. The molecule has 3 rings (SSSR count). The van der Waals surface area contributed by atoms with Crippen LogP contribution in [0.25, 0.3) is 0 Å². The van der Waals surface area contributed by atoms with Crippen LogP contribution in [0.5, 0.6) is 0 Å². The first-order valence-corrected chi connectivity index (χ1v) is 9.33. The van der Waals surface area contributed by atoms with E-state index in [-0.39, 0.29) is 0 Å². The van der Waals surface area contributed by atoms with Crippen molar-refractivity contribution in [3.8, 4) is 0 Å². The minimum absolute atomic E-state index is 0.358. The molecule has 3 aliphatic rings. The molecule has 0 radical (unpaired) electrons. The Morgan fingerprint density at radius 1 is 1.10 bits per heavy atom. The summed E-state index contributed by atoms with van der Waals surface area (Å²) in [6.45, 7) is 6.53. The van der Waals surface area contributed by atoms with E-state index in [1.54, 1.807) is 0 Å². The van der Waals surface area contributed by atoms with Gasteiger partial charge in [-0.3, -0.25) is 4.90 Å². The molecule has 1 heterocycles. The number of aliphatic hydroxyl groups excluding tert-OH is 1. The highest BCUT2D eigenvalue weighted by atomic mass is 16.2. The van der Waals surface area contributed by atoms with Crippen LogP contribution >= 0.6 is 0 Å². The number of rotatable bonds is 7. The van der Waals surface area contributed by atoms with Crippen molar-refractivity contribution in [2.45, 2.75) is 70.4 Å². The van der Waals surface area contributed by atoms with Gasteiger partial charge >= 0.3 is 0 Å². The van der Waals surface area contributed by atoms with Gasteiger partial charge in [0.1, 0.15) is 0 Å². The molecule has 1 saturated heterocycles. The van der Waals surface area contributed by atoms with E-state index in [0.29, 0.717) is 12.6 Å². The molecule has 122 valence electrons. The maximum atomic E-state index is 9.12. The van der Waals surface area contributed by atoms with E-state index in [1.807, 2.05) is 0 Å². The molecule has 0 spiro atoms. The Morgan fingerprint density at radius 2 is 1.90 bits per heavy atom. The van der Waals surface area contributed by atoms with Crippen LogP contribution in [-0.4, -0.2) is 48.3 Å². The molecule has 21 heavy (non-hydrogen) atoms. The fraction of sp³-hybridized carbons (Fsp3) is 1.00. The zero-order chi connectivity index (χ0) is 14.7. The first-order chi connectivity index (χ1) is 10.2. The van der Waals surface area contributed by atoms with Gasteiger partial charge in [-0.05, 0) is 69.2 Å². The first-order valence-electron chi connectivity index (χ1n) is 9.33. The Balaban J connectivity index is 1.48. The molecular weight excluding hydrogens is 260 g/mol. The van der Waals surface area contributed by atoms with Gasteiger partial charge in [0.05, 0.1) is 0 Å². The van der Waals surface area contributed by atoms with Crippen LogP contribution in [0.2, 0.25) is 0 Å². The molecular formula is C18H34N2O. The molecule has 1 aliphatic heterocycles. The number of nitrogens with zero attached hydrogens (tertiary/aromatic N) is 1. The van der Waals surface area contributed by atoms with Crippen LogP contribution in [0, 0.1) is 17.8 Å². The summed E-state index contributed by atoms with van der Waals surface area (Å²) in [4.78, 5) is 2.77. The van der Waals surface area contributed by atoms with Gasteiger partial charge in [-0.2, -0.15) is 0 Å². The van der Waals surface area contributed by atoms with E-state index in [2.05, 4.69) is 17.1 Å². The van der Waals surface area contributed by atoms with Crippen LogP contribution in [-0.2, 0) is 0 Å². The van der Waals surface area contributed by atoms with Gasteiger partial charge in [-0.25, -0.2) is 0 Å². The van der Waals surface area contributed by atoms with Crippen molar-refractivity contribution in [3.05, 3.63) is 0 Å². The Bertz CT molecular complexity index is 312. The van der Waals surface area contributed by atoms with Gasteiger partial charge in [0, 0.05) is 31.8 Å². The molecule has 0 aromatic rings. The largest absolute Gasteiger partial charge is 0.396 e. The lowest BCUT2D eigenvalue weighted by Gasteiger charge is -2.48. The van der Waals surface area contributed by atoms with Crippen molar-refractivity contribution in [3.63, 3.8) is 0 Å². The molecule has 0 aromatic heterocycles. The second-order valence-electron chi connectivity index (χ2n) is 8.05. The topological polar surface area (TPSA) is 35.5 Å². The highest BCUT2D eigenvalue weighted by Gasteiger charge is 2.36. The molecule has 2 saturated carbocycles. The van der Waals surface area contributed by atoms with Crippen molar-refractivity contribution < 1.29 is 5.11 Å². The summed E-state index contributed by atoms with van der Waals surface area (Å²) >= 11 is 0. The van der Waals surface area contributed by atoms with Crippen molar-refractivity contribution in [2.24, 2.45) is 17.8 Å². The van der Waals surface area contributed by atoms with Gasteiger partial charge in [0.15, 0.2) is 0 Å². The number of aliphatic hydroxyl groups is 1. The summed E-state index contributed by atoms with van der Waals surface area (Å²) in [6.07, 6.45) is 10.7. The highest BCUT2D eigenvalue weighted by Crippen LogP contribution is 2.35. The number of nitrogens with one attached hydrogen (secondary N) is 1. The molecule has 0 bridgehead atoms. The van der Waals surface area contributed by atoms with Crippen molar-refractivity contribution in [1.29, 1.82) is 0 Å². The third kappa shape index (κ3) is 4.20. The number of hydrogen-bond donors (Lipinski definition) is 2. The fourth-order valence-electron chi connectivity index (χ4n) is 4.46. The van der Waals surface area contributed by atoms with Gasteiger partial charge in [-0.1, -0.05) is 13.3 Å². The Kier molecular flexibility index (Phi) is 5.58. The molecule has 3 fully saturated rings. The van der Waals surface area contributed by atoms with Crippen LogP contribution in [0.4, 0.5) is 0 Å². The van der Waals surface area contributed by atoms with Gasteiger partial charge in [0.2, 0.25) is 0 Å². The highest BCUT2D eigenvalue weighted by molar-refractivity contribution is 4.92. The average Bonchev–Trinajstić information content (AvgIpc) is 2.40. The lowest BCUT2D eigenvalue weighted by atomic mass is 9.78. The molecule has 2 N–H and O–H groups in total. The third-order valence-electron chi connectivity index (χ3n) is 6.12. The van der Waals surface area contributed by atoms with E-state index in [4.69, 9.17) is 5.11 Å². The summed E-state index contributed by atoms with van der Waals surface area (Å²) in [5, 5.41) is 13.0. The van der Waals surface area contributed by atoms with Crippen molar-refractivity contribution >= 4 is 0 Å². The quantitative estimate of drug-likeness (QED) is 0.758. The van der Waals surface area contributed by atoms with Gasteiger partial charge in [0.25, 0.3) is 0 Å². The Hall–Kier alpha value is -0.120. The second kappa shape index (κ2) is 7.43. The molecule has 2 aliphatic carbocycles. The summed E-state index contributed by atoms with van der Waals surface area (Å²) in [7, 11) is 0. The summed E-state index contributed by atoms with van der Waals surface area (Å²) in [5.41, 5.74) is 0. The van der Waals surface area contributed by atoms with E-state index in [0.717, 1.165) is 30.2 Å². The molecule has 2 unspecified atom stereocenters. The molecule has 3 heteroatoms. The zero-order valence-corrected chi connectivity index (χ0v) is 13.8. The Morgan fingerprint density at radius 3 is 2.52 bits per heavy atom. The monoisotopic (exact) mass is 294 g/mol. The van der Waals surface area contributed by atoms with Crippen molar-refractivity contribution in [2.75, 3.05) is 26.2 Å². The van der Waals surface area contributed by atoms with E-state index in [1.165, 1.54) is 64.6 Å². The van der Waals surface area contributed by atoms with Crippen LogP contribution in [0.3, 0.4) is 0 Å². The SMILES string of the molecule is CC1CC(N2CC(CCCO)CC(NCC3CCC3)C2)C1. The molecule has 0 amide bonds. The lowest BCUT2D eigenvalue weighted by molar-refractivity contribution is 0.0292. The maximum Gasteiger partial charge on any atom is 0.0431 e. The minimum Gasteiger partial charge on any atom is -0.396 e. The summed E-state index contributed by atoms with van der Waals surface area (Å²) in [5.74, 6) is 2.69. The predicted molar refractivity (Wildman–Crippen MR) is 87.3 cm³/mol. The van der Waals surface area contributed by atoms with E-state index in [9.17, 15) is 0 Å². The lowest BCUT2D eigenvalue weighted by Crippen LogP contribution is -2.56. The first kappa shape index (κ1) is 15.8. The smallest absolute Gasteiger partial charge is 0.0431 e. The molecule has 3 nitrogen and oxygen atoms in total. The zero-order valence-electron chi connectivity index (χ0n) is 13.8. The van der Waals surface area contributed by atoms with Gasteiger partial charge in [-0.15, -0.1) is 0 Å². The number of hydrogen-bond acceptors (Lipinski definition) is 3. The van der Waals surface area contributed by atoms with Crippen LogP contribution in [0.1, 0.15) is 58.3 Å². The fourth-order valence-corrected chi connectivity index (χ4v) is 4.46. The van der Waals surface area contributed by atoms with Crippen molar-refractivity contribution in [1.82, 2.24) is 10.2 Å². The van der Waals surface area contributed by atoms with Crippen LogP contribution < -0.4 is 5.32 Å². The minimum atomic E-state index is 0.358. The summed E-state index contributed by atoms with van der Waals surface area (Å²) < 4.78 is 0. The third-order valence-corrected chi connectivity index (χ3v) is 6.12. The molecule has 0 aromatic carbocycles. The normalized spacial score (nSPS) is 38.0. The van der Waals surface area contributed by atoms with E-state index >= 15 is 0 Å². The average molecular weight is 294 g/mol. The Labute approximate surface area is 130 Å². The second-order valence-corrected chi connectivity index (χ2v) is 8.05. The van der Waals surface area contributed by atoms with Crippen LogP contribution in [0.15, 0.2) is 0 Å². The summed E-state index contributed by atoms with van der Waals surface area (Å²) in [6, 6.07) is 1.55.